The van der Waals surface area contributed by atoms with E-state index in [-0.39, 0.29) is 17.7 Å². The second-order valence-electron chi connectivity index (χ2n) is 8.23. The van der Waals surface area contributed by atoms with E-state index in [0.29, 0.717) is 25.6 Å². The number of aromatic nitrogens is 1. The molecule has 4 rings (SSSR count). The number of anilines is 1. The Morgan fingerprint density at radius 2 is 1.83 bits per heavy atom. The summed E-state index contributed by atoms with van der Waals surface area (Å²) in [5.74, 6) is -0.103. The Kier molecular flexibility index (Phi) is 5.93. The molecular formula is C24H29N3O2. The summed E-state index contributed by atoms with van der Waals surface area (Å²) in [5, 5.41) is 0. The average Bonchev–Trinajstić information content (AvgIpc) is 3.52. The minimum atomic E-state index is -0.260. The van der Waals surface area contributed by atoms with Crippen molar-refractivity contribution >= 4 is 17.5 Å². The van der Waals surface area contributed by atoms with Gasteiger partial charge in [0.25, 0.3) is 0 Å². The monoisotopic (exact) mass is 391 g/mol. The van der Waals surface area contributed by atoms with E-state index < -0.39 is 0 Å². The molecule has 1 saturated carbocycles. The lowest BCUT2D eigenvalue weighted by Crippen LogP contribution is -2.38. The van der Waals surface area contributed by atoms with Crippen molar-refractivity contribution in [2.24, 2.45) is 5.92 Å². The molecule has 0 N–H and O–H groups in total. The standard InChI is InChI=1S/C24H29N3O2/c1-2-3-4-18-5-7-21(8-6-18)26-17-20(15-23(26)28)24(29)27(22-9-10-22)16-19-11-13-25-14-12-19/h5-8,11-14,20,22H,2-4,9-10,15-17H2,1H3. The molecule has 152 valence electrons. The highest BCUT2D eigenvalue weighted by atomic mass is 16.2. The first-order chi connectivity index (χ1) is 14.2. The lowest BCUT2D eigenvalue weighted by atomic mass is 10.1. The van der Waals surface area contributed by atoms with Gasteiger partial charge in [-0.1, -0.05) is 25.5 Å². The number of hydrogen-bond acceptors (Lipinski definition) is 3. The molecule has 1 unspecified atom stereocenters. The SMILES string of the molecule is CCCCc1ccc(N2CC(C(=O)N(Cc3ccncc3)C3CC3)CC2=O)cc1. The van der Waals surface area contributed by atoms with Gasteiger partial charge in [0.2, 0.25) is 11.8 Å². The van der Waals surface area contributed by atoms with Crippen LogP contribution in [0, 0.1) is 5.92 Å². The van der Waals surface area contributed by atoms with Crippen LogP contribution in [-0.2, 0) is 22.6 Å². The molecule has 0 spiro atoms. The van der Waals surface area contributed by atoms with Crippen LogP contribution in [0.1, 0.15) is 50.2 Å². The van der Waals surface area contributed by atoms with E-state index >= 15 is 0 Å². The zero-order valence-corrected chi connectivity index (χ0v) is 17.1. The summed E-state index contributed by atoms with van der Waals surface area (Å²) in [4.78, 5) is 33.7. The molecule has 1 saturated heterocycles. The lowest BCUT2D eigenvalue weighted by Gasteiger charge is -2.25. The van der Waals surface area contributed by atoms with Crippen LogP contribution in [-0.4, -0.2) is 34.3 Å². The third-order valence-electron chi connectivity index (χ3n) is 5.91. The van der Waals surface area contributed by atoms with Gasteiger partial charge < -0.3 is 9.80 Å². The summed E-state index contributed by atoms with van der Waals surface area (Å²) in [6.07, 6.45) is 9.35. The van der Waals surface area contributed by atoms with Gasteiger partial charge in [-0.2, -0.15) is 0 Å². The second-order valence-corrected chi connectivity index (χ2v) is 8.23. The van der Waals surface area contributed by atoms with Crippen LogP contribution in [0.3, 0.4) is 0 Å². The number of unbranched alkanes of at least 4 members (excludes halogenated alkanes) is 1. The van der Waals surface area contributed by atoms with Gasteiger partial charge in [0.1, 0.15) is 0 Å². The van der Waals surface area contributed by atoms with E-state index in [4.69, 9.17) is 0 Å². The number of rotatable bonds is 8. The summed E-state index contributed by atoms with van der Waals surface area (Å²) in [5.41, 5.74) is 3.29. The maximum atomic E-state index is 13.3. The summed E-state index contributed by atoms with van der Waals surface area (Å²) >= 11 is 0. The van der Waals surface area contributed by atoms with Crippen LogP contribution in [0.4, 0.5) is 5.69 Å². The average molecular weight is 392 g/mol. The quantitative estimate of drug-likeness (QED) is 0.684. The maximum Gasteiger partial charge on any atom is 0.228 e. The number of benzene rings is 1. The predicted octanol–water partition coefficient (Wildman–Crippen LogP) is 3.97. The first kappa shape index (κ1) is 19.6. The molecule has 2 fully saturated rings. The lowest BCUT2D eigenvalue weighted by molar-refractivity contribution is -0.137. The Labute approximate surface area is 172 Å². The minimum Gasteiger partial charge on any atom is -0.335 e. The molecule has 2 amide bonds. The molecule has 2 heterocycles. The molecule has 1 aliphatic carbocycles. The van der Waals surface area contributed by atoms with Crippen molar-refractivity contribution in [3.63, 3.8) is 0 Å². The molecule has 1 aromatic heterocycles. The number of carbonyl (C=O) groups excluding carboxylic acids is 2. The van der Waals surface area contributed by atoms with Crippen molar-refractivity contribution in [2.75, 3.05) is 11.4 Å². The highest BCUT2D eigenvalue weighted by molar-refractivity contribution is 6.00. The van der Waals surface area contributed by atoms with Gasteiger partial charge in [0.15, 0.2) is 0 Å². The molecule has 5 nitrogen and oxygen atoms in total. The predicted molar refractivity (Wildman–Crippen MR) is 113 cm³/mol. The molecule has 0 bridgehead atoms. The number of pyridine rings is 1. The van der Waals surface area contributed by atoms with Crippen LogP contribution in [0.5, 0.6) is 0 Å². The second kappa shape index (κ2) is 8.76. The van der Waals surface area contributed by atoms with Crippen molar-refractivity contribution in [3.8, 4) is 0 Å². The van der Waals surface area contributed by atoms with Gasteiger partial charge in [0.05, 0.1) is 5.92 Å². The molecule has 2 aliphatic rings. The highest BCUT2D eigenvalue weighted by Gasteiger charge is 2.41. The summed E-state index contributed by atoms with van der Waals surface area (Å²) < 4.78 is 0. The van der Waals surface area contributed by atoms with Crippen molar-refractivity contribution < 1.29 is 9.59 Å². The fourth-order valence-electron chi connectivity index (χ4n) is 4.04. The van der Waals surface area contributed by atoms with Gasteiger partial charge in [-0.3, -0.25) is 14.6 Å². The van der Waals surface area contributed by atoms with Gasteiger partial charge in [-0.25, -0.2) is 0 Å². The Hall–Kier alpha value is -2.69. The molecule has 1 atom stereocenters. The van der Waals surface area contributed by atoms with Crippen LogP contribution < -0.4 is 4.90 Å². The van der Waals surface area contributed by atoms with E-state index in [1.165, 1.54) is 18.4 Å². The van der Waals surface area contributed by atoms with Crippen LogP contribution in [0.2, 0.25) is 0 Å². The van der Waals surface area contributed by atoms with E-state index in [2.05, 4.69) is 24.0 Å². The fourth-order valence-corrected chi connectivity index (χ4v) is 4.04. The van der Waals surface area contributed by atoms with Crippen LogP contribution >= 0.6 is 0 Å². The zero-order chi connectivity index (χ0) is 20.2. The normalized spacial score (nSPS) is 18.9. The molecule has 0 radical (unpaired) electrons. The number of hydrogen-bond donors (Lipinski definition) is 0. The molecular weight excluding hydrogens is 362 g/mol. The Morgan fingerprint density at radius 1 is 1.10 bits per heavy atom. The van der Waals surface area contributed by atoms with E-state index in [9.17, 15) is 9.59 Å². The largest absolute Gasteiger partial charge is 0.335 e. The van der Waals surface area contributed by atoms with Crippen LogP contribution in [0.15, 0.2) is 48.8 Å². The Morgan fingerprint density at radius 3 is 2.48 bits per heavy atom. The van der Waals surface area contributed by atoms with Gasteiger partial charge in [-0.05, 0) is 61.1 Å². The fraction of sp³-hybridized carbons (Fsp3) is 0.458. The molecule has 1 aliphatic heterocycles. The number of amides is 2. The first-order valence-corrected chi connectivity index (χ1v) is 10.7. The summed E-state index contributed by atoms with van der Waals surface area (Å²) in [6, 6.07) is 12.5. The maximum absolute atomic E-state index is 13.3. The molecule has 1 aromatic carbocycles. The van der Waals surface area contributed by atoms with E-state index in [1.807, 2.05) is 29.2 Å². The number of nitrogens with zero attached hydrogens (tertiary/aromatic N) is 3. The smallest absolute Gasteiger partial charge is 0.228 e. The minimum absolute atomic E-state index is 0.0457. The molecule has 29 heavy (non-hydrogen) atoms. The first-order valence-electron chi connectivity index (χ1n) is 10.7. The van der Waals surface area contributed by atoms with E-state index in [0.717, 1.165) is 30.5 Å². The van der Waals surface area contributed by atoms with E-state index in [1.54, 1.807) is 17.3 Å². The molecule has 2 aromatic rings. The van der Waals surface area contributed by atoms with Crippen LogP contribution in [0.25, 0.3) is 0 Å². The third kappa shape index (κ3) is 4.66. The number of carbonyl (C=O) groups is 2. The highest BCUT2D eigenvalue weighted by Crippen LogP contribution is 2.33. The number of aryl methyl sites for hydroxylation is 1. The van der Waals surface area contributed by atoms with Gasteiger partial charge in [0, 0.05) is 43.6 Å². The zero-order valence-electron chi connectivity index (χ0n) is 17.1. The summed E-state index contributed by atoms with van der Waals surface area (Å²) in [7, 11) is 0. The molecule has 5 heteroatoms. The van der Waals surface area contributed by atoms with Gasteiger partial charge >= 0.3 is 0 Å². The van der Waals surface area contributed by atoms with Crippen molar-refractivity contribution in [1.29, 1.82) is 0 Å². The Balaban J connectivity index is 1.43. The van der Waals surface area contributed by atoms with Gasteiger partial charge in [-0.15, -0.1) is 0 Å². The van der Waals surface area contributed by atoms with Crippen molar-refractivity contribution in [1.82, 2.24) is 9.88 Å². The van der Waals surface area contributed by atoms with Crippen molar-refractivity contribution in [3.05, 3.63) is 59.9 Å². The summed E-state index contributed by atoms with van der Waals surface area (Å²) in [6.45, 7) is 3.27. The topological polar surface area (TPSA) is 53.5 Å². The van der Waals surface area contributed by atoms with Crippen molar-refractivity contribution in [2.45, 2.75) is 58.0 Å². The third-order valence-corrected chi connectivity index (χ3v) is 5.91. The Bertz CT molecular complexity index is 846.